The summed E-state index contributed by atoms with van der Waals surface area (Å²) in [6.45, 7) is 6.57. The van der Waals surface area contributed by atoms with Crippen molar-refractivity contribution in [3.8, 4) is 11.8 Å². The molecule has 19 heavy (non-hydrogen) atoms. The Balaban J connectivity index is 2.18. The molecule has 0 aliphatic rings. The van der Waals surface area contributed by atoms with Crippen LogP contribution in [-0.2, 0) is 6.61 Å². The van der Waals surface area contributed by atoms with E-state index in [1.807, 2.05) is 32.0 Å². The van der Waals surface area contributed by atoms with Crippen LogP contribution < -0.4 is 4.74 Å². The molecule has 0 saturated carbocycles. The zero-order chi connectivity index (χ0) is 13.8. The van der Waals surface area contributed by atoms with E-state index in [-0.39, 0.29) is 0 Å². The van der Waals surface area contributed by atoms with Crippen molar-refractivity contribution >= 4 is 0 Å². The first-order valence-electron chi connectivity index (χ1n) is 6.30. The average Bonchev–Trinajstić information content (AvgIpc) is 2.37. The first kappa shape index (κ1) is 13.2. The first-order chi connectivity index (χ1) is 9.10. The second-order valence-corrected chi connectivity index (χ2v) is 4.83. The average molecular weight is 251 g/mol. The van der Waals surface area contributed by atoms with E-state index in [0.29, 0.717) is 12.2 Å². The van der Waals surface area contributed by atoms with Crippen LogP contribution in [0, 0.1) is 32.1 Å². The quantitative estimate of drug-likeness (QED) is 0.824. The molecule has 0 bridgehead atoms. The Morgan fingerprint density at radius 3 is 2.32 bits per heavy atom. The van der Waals surface area contributed by atoms with Crippen LogP contribution in [0.1, 0.15) is 27.8 Å². The van der Waals surface area contributed by atoms with Gasteiger partial charge >= 0.3 is 0 Å². The van der Waals surface area contributed by atoms with Gasteiger partial charge in [0, 0.05) is 0 Å². The first-order valence-corrected chi connectivity index (χ1v) is 6.30. The minimum absolute atomic E-state index is 0.551. The van der Waals surface area contributed by atoms with E-state index in [4.69, 9.17) is 10.00 Å². The Morgan fingerprint density at radius 1 is 1.05 bits per heavy atom. The van der Waals surface area contributed by atoms with Gasteiger partial charge in [0.25, 0.3) is 0 Å². The maximum absolute atomic E-state index is 8.92. The van der Waals surface area contributed by atoms with Crippen molar-refractivity contribution in [2.45, 2.75) is 27.4 Å². The third-order valence-electron chi connectivity index (χ3n) is 3.06. The van der Waals surface area contributed by atoms with Crippen LogP contribution in [0.4, 0.5) is 0 Å². The summed E-state index contributed by atoms with van der Waals surface area (Å²) < 4.78 is 5.90. The number of nitrogens with zero attached hydrogens (tertiary/aromatic N) is 1. The van der Waals surface area contributed by atoms with Gasteiger partial charge in [-0.2, -0.15) is 5.26 Å². The van der Waals surface area contributed by atoms with Crippen molar-refractivity contribution in [2.24, 2.45) is 0 Å². The summed E-state index contributed by atoms with van der Waals surface area (Å²) in [6, 6.07) is 14.2. The Labute approximate surface area is 114 Å². The summed E-state index contributed by atoms with van der Waals surface area (Å²) >= 11 is 0. The van der Waals surface area contributed by atoms with Crippen LogP contribution in [0.2, 0.25) is 0 Å². The maximum atomic E-state index is 8.92. The molecular formula is C17H17NO. The van der Waals surface area contributed by atoms with Gasteiger partial charge < -0.3 is 4.74 Å². The minimum atomic E-state index is 0.551. The SMILES string of the molecule is Cc1cccc(COc2c(C)cc(C#N)cc2C)c1. The van der Waals surface area contributed by atoms with E-state index in [1.165, 1.54) is 5.56 Å². The monoisotopic (exact) mass is 251 g/mol. The van der Waals surface area contributed by atoms with Gasteiger partial charge in [0.05, 0.1) is 11.6 Å². The second-order valence-electron chi connectivity index (χ2n) is 4.83. The van der Waals surface area contributed by atoms with Crippen LogP contribution in [0.15, 0.2) is 36.4 Å². The highest BCUT2D eigenvalue weighted by atomic mass is 16.5. The number of aryl methyl sites for hydroxylation is 3. The molecule has 2 heteroatoms. The van der Waals surface area contributed by atoms with Gasteiger partial charge in [0.15, 0.2) is 0 Å². The Bertz CT molecular complexity index is 615. The number of hydrogen-bond donors (Lipinski definition) is 0. The van der Waals surface area contributed by atoms with Gasteiger partial charge in [-0.3, -0.25) is 0 Å². The molecule has 2 aromatic carbocycles. The van der Waals surface area contributed by atoms with Crippen LogP contribution in [-0.4, -0.2) is 0 Å². The smallest absolute Gasteiger partial charge is 0.125 e. The Morgan fingerprint density at radius 2 is 1.74 bits per heavy atom. The molecule has 2 nitrogen and oxygen atoms in total. The Hall–Kier alpha value is -2.27. The van der Waals surface area contributed by atoms with Crippen LogP contribution in [0.25, 0.3) is 0 Å². The molecule has 0 unspecified atom stereocenters. The summed E-state index contributed by atoms with van der Waals surface area (Å²) in [6.07, 6.45) is 0. The summed E-state index contributed by atoms with van der Waals surface area (Å²) in [5, 5.41) is 8.92. The van der Waals surface area contributed by atoms with E-state index in [9.17, 15) is 0 Å². The largest absolute Gasteiger partial charge is 0.488 e. The van der Waals surface area contributed by atoms with Crippen molar-refractivity contribution in [3.63, 3.8) is 0 Å². The summed E-state index contributed by atoms with van der Waals surface area (Å²) in [4.78, 5) is 0. The van der Waals surface area contributed by atoms with Gasteiger partial charge in [0.2, 0.25) is 0 Å². The molecule has 0 heterocycles. The van der Waals surface area contributed by atoms with Crippen LogP contribution in [0.3, 0.4) is 0 Å². The standard InChI is InChI=1S/C17H17NO/c1-12-5-4-6-15(7-12)11-19-17-13(2)8-16(10-18)9-14(17)3/h4-9H,11H2,1-3H3. The number of nitriles is 1. The third kappa shape index (κ3) is 3.14. The molecule has 96 valence electrons. The van der Waals surface area contributed by atoms with E-state index >= 15 is 0 Å². The highest BCUT2D eigenvalue weighted by molar-refractivity contribution is 5.47. The third-order valence-corrected chi connectivity index (χ3v) is 3.06. The lowest BCUT2D eigenvalue weighted by atomic mass is 10.1. The van der Waals surface area contributed by atoms with E-state index in [0.717, 1.165) is 22.4 Å². The fourth-order valence-electron chi connectivity index (χ4n) is 2.20. The normalized spacial score (nSPS) is 10.0. The highest BCUT2D eigenvalue weighted by Gasteiger charge is 2.06. The molecule has 0 aliphatic carbocycles. The molecule has 0 N–H and O–H groups in total. The highest BCUT2D eigenvalue weighted by Crippen LogP contribution is 2.25. The predicted molar refractivity (Wildman–Crippen MR) is 76.1 cm³/mol. The van der Waals surface area contributed by atoms with Crippen molar-refractivity contribution in [3.05, 3.63) is 64.2 Å². The molecule has 0 spiro atoms. The van der Waals surface area contributed by atoms with Gasteiger partial charge in [-0.05, 0) is 49.6 Å². The molecule has 0 aliphatic heterocycles. The maximum Gasteiger partial charge on any atom is 0.125 e. The summed E-state index contributed by atoms with van der Waals surface area (Å²) in [5.74, 6) is 0.875. The van der Waals surface area contributed by atoms with Gasteiger partial charge in [0.1, 0.15) is 12.4 Å². The second kappa shape index (κ2) is 5.58. The van der Waals surface area contributed by atoms with Crippen molar-refractivity contribution in [1.82, 2.24) is 0 Å². The fraction of sp³-hybridized carbons (Fsp3) is 0.235. The number of rotatable bonds is 3. The summed E-state index contributed by atoms with van der Waals surface area (Å²) in [7, 11) is 0. The molecule has 0 aromatic heterocycles. The fourth-order valence-corrected chi connectivity index (χ4v) is 2.20. The molecule has 0 atom stereocenters. The zero-order valence-corrected chi connectivity index (χ0v) is 11.5. The molecule has 2 aromatic rings. The van der Waals surface area contributed by atoms with Gasteiger partial charge in [-0.25, -0.2) is 0 Å². The van der Waals surface area contributed by atoms with Crippen molar-refractivity contribution < 1.29 is 4.74 Å². The predicted octanol–water partition coefficient (Wildman–Crippen LogP) is 4.06. The van der Waals surface area contributed by atoms with E-state index < -0.39 is 0 Å². The topological polar surface area (TPSA) is 33.0 Å². The lowest BCUT2D eigenvalue weighted by Crippen LogP contribution is -1.99. The molecule has 0 saturated heterocycles. The lowest BCUT2D eigenvalue weighted by molar-refractivity contribution is 0.302. The molecular weight excluding hydrogens is 234 g/mol. The van der Waals surface area contributed by atoms with E-state index in [2.05, 4.69) is 31.2 Å². The summed E-state index contributed by atoms with van der Waals surface area (Å²) in [5.41, 5.74) is 5.07. The lowest BCUT2D eigenvalue weighted by Gasteiger charge is -2.13. The van der Waals surface area contributed by atoms with Crippen molar-refractivity contribution in [1.29, 1.82) is 5.26 Å². The number of hydrogen-bond acceptors (Lipinski definition) is 2. The van der Waals surface area contributed by atoms with Gasteiger partial charge in [-0.15, -0.1) is 0 Å². The molecule has 0 radical (unpaired) electrons. The zero-order valence-electron chi connectivity index (χ0n) is 11.5. The van der Waals surface area contributed by atoms with Crippen LogP contribution >= 0.6 is 0 Å². The van der Waals surface area contributed by atoms with E-state index in [1.54, 1.807) is 0 Å². The minimum Gasteiger partial charge on any atom is -0.488 e. The molecule has 0 amide bonds. The number of ether oxygens (including phenoxy) is 1. The van der Waals surface area contributed by atoms with Crippen molar-refractivity contribution in [2.75, 3.05) is 0 Å². The Kier molecular flexibility index (Phi) is 3.87. The van der Waals surface area contributed by atoms with Gasteiger partial charge in [-0.1, -0.05) is 29.8 Å². The molecule has 2 rings (SSSR count). The molecule has 0 fully saturated rings. The van der Waals surface area contributed by atoms with Crippen LogP contribution in [0.5, 0.6) is 5.75 Å². The number of benzene rings is 2.